The second-order valence-corrected chi connectivity index (χ2v) is 5.91. The fourth-order valence-electron chi connectivity index (χ4n) is 2.62. The number of carbonyl (C=O) groups is 1. The van der Waals surface area contributed by atoms with Gasteiger partial charge in [-0.3, -0.25) is 4.79 Å². The lowest BCUT2D eigenvalue weighted by Crippen LogP contribution is -2.27. The first-order chi connectivity index (χ1) is 9.75. The third kappa shape index (κ3) is 2.63. The first kappa shape index (κ1) is 13.4. The van der Waals surface area contributed by atoms with Crippen LogP contribution in [-0.4, -0.2) is 23.9 Å². The van der Waals surface area contributed by atoms with E-state index < -0.39 is 0 Å². The Kier molecular flexibility index (Phi) is 3.88. The Morgan fingerprint density at radius 1 is 1.00 bits per heavy atom. The van der Waals surface area contributed by atoms with Crippen LogP contribution in [0.15, 0.2) is 53.0 Å². The molecule has 3 rings (SSSR count). The second kappa shape index (κ2) is 5.80. The Morgan fingerprint density at radius 3 is 2.50 bits per heavy atom. The highest BCUT2D eigenvalue weighted by Crippen LogP contribution is 2.28. The summed E-state index contributed by atoms with van der Waals surface area (Å²) in [6.45, 7) is 1.77. The summed E-state index contributed by atoms with van der Waals surface area (Å²) in [6, 6.07) is 16.0. The molecule has 0 bridgehead atoms. The molecule has 0 saturated carbocycles. The fourth-order valence-corrected chi connectivity index (χ4v) is 3.13. The molecular weight excluding hydrogens is 314 g/mol. The summed E-state index contributed by atoms with van der Waals surface area (Å²) in [5.41, 5.74) is 2.96. The molecule has 1 heterocycles. The molecule has 20 heavy (non-hydrogen) atoms. The van der Waals surface area contributed by atoms with Crippen molar-refractivity contribution in [2.24, 2.45) is 0 Å². The van der Waals surface area contributed by atoms with E-state index in [1.165, 1.54) is 0 Å². The van der Waals surface area contributed by atoms with E-state index in [1.807, 2.05) is 47.4 Å². The number of nitrogens with zero attached hydrogens (tertiary/aromatic N) is 1. The van der Waals surface area contributed by atoms with Crippen LogP contribution in [0, 0.1) is 0 Å². The average molecular weight is 330 g/mol. The van der Waals surface area contributed by atoms with Gasteiger partial charge in [-0.05, 0) is 42.2 Å². The summed E-state index contributed by atoms with van der Waals surface area (Å²) in [4.78, 5) is 14.4. The van der Waals surface area contributed by atoms with Crippen molar-refractivity contribution in [1.29, 1.82) is 0 Å². The van der Waals surface area contributed by atoms with E-state index in [9.17, 15) is 4.79 Å². The van der Waals surface area contributed by atoms with Gasteiger partial charge in [-0.1, -0.05) is 46.3 Å². The SMILES string of the molecule is O=C(c1cccc(-c2ccccc2Br)c1)N1CCCC1. The summed E-state index contributed by atoms with van der Waals surface area (Å²) in [5, 5.41) is 0. The van der Waals surface area contributed by atoms with E-state index in [1.54, 1.807) is 0 Å². The minimum atomic E-state index is 0.149. The number of amides is 1. The molecule has 0 aromatic heterocycles. The minimum absolute atomic E-state index is 0.149. The number of hydrogen-bond donors (Lipinski definition) is 0. The monoisotopic (exact) mass is 329 g/mol. The van der Waals surface area contributed by atoms with Crippen LogP contribution in [0.25, 0.3) is 11.1 Å². The van der Waals surface area contributed by atoms with Gasteiger partial charge < -0.3 is 4.90 Å². The molecule has 3 heteroatoms. The van der Waals surface area contributed by atoms with Crippen molar-refractivity contribution in [2.45, 2.75) is 12.8 Å². The minimum Gasteiger partial charge on any atom is -0.339 e. The van der Waals surface area contributed by atoms with E-state index in [-0.39, 0.29) is 5.91 Å². The van der Waals surface area contributed by atoms with Gasteiger partial charge in [0.25, 0.3) is 5.91 Å². The zero-order valence-electron chi connectivity index (χ0n) is 11.2. The van der Waals surface area contributed by atoms with Crippen LogP contribution in [0.2, 0.25) is 0 Å². The van der Waals surface area contributed by atoms with Crippen LogP contribution in [0.3, 0.4) is 0 Å². The molecule has 1 fully saturated rings. The van der Waals surface area contributed by atoms with Gasteiger partial charge in [0, 0.05) is 23.1 Å². The van der Waals surface area contributed by atoms with E-state index in [0.717, 1.165) is 47.1 Å². The maximum absolute atomic E-state index is 12.4. The number of benzene rings is 2. The van der Waals surface area contributed by atoms with Gasteiger partial charge >= 0.3 is 0 Å². The zero-order chi connectivity index (χ0) is 13.9. The van der Waals surface area contributed by atoms with Gasteiger partial charge in [-0.2, -0.15) is 0 Å². The molecule has 1 amide bonds. The zero-order valence-corrected chi connectivity index (χ0v) is 12.8. The first-order valence-corrected chi connectivity index (χ1v) is 7.69. The highest BCUT2D eigenvalue weighted by Gasteiger charge is 2.19. The van der Waals surface area contributed by atoms with Crippen molar-refractivity contribution in [3.8, 4) is 11.1 Å². The molecule has 102 valence electrons. The van der Waals surface area contributed by atoms with Gasteiger partial charge in [0.1, 0.15) is 0 Å². The van der Waals surface area contributed by atoms with Gasteiger partial charge in [-0.15, -0.1) is 0 Å². The highest BCUT2D eigenvalue weighted by atomic mass is 79.9. The van der Waals surface area contributed by atoms with Crippen LogP contribution < -0.4 is 0 Å². The molecular formula is C17H16BrNO. The lowest BCUT2D eigenvalue weighted by atomic mass is 10.0. The van der Waals surface area contributed by atoms with Crippen molar-refractivity contribution >= 4 is 21.8 Å². The smallest absolute Gasteiger partial charge is 0.253 e. The molecule has 2 nitrogen and oxygen atoms in total. The normalized spacial score (nSPS) is 14.6. The molecule has 0 atom stereocenters. The predicted molar refractivity (Wildman–Crippen MR) is 84.7 cm³/mol. The Morgan fingerprint density at radius 2 is 1.75 bits per heavy atom. The summed E-state index contributed by atoms with van der Waals surface area (Å²) in [7, 11) is 0. The summed E-state index contributed by atoms with van der Waals surface area (Å²) in [6.07, 6.45) is 2.24. The maximum Gasteiger partial charge on any atom is 0.253 e. The lowest BCUT2D eigenvalue weighted by Gasteiger charge is -2.16. The van der Waals surface area contributed by atoms with Crippen LogP contribution in [0.5, 0.6) is 0 Å². The summed E-state index contributed by atoms with van der Waals surface area (Å²) >= 11 is 3.57. The summed E-state index contributed by atoms with van der Waals surface area (Å²) < 4.78 is 1.05. The number of hydrogen-bond acceptors (Lipinski definition) is 1. The second-order valence-electron chi connectivity index (χ2n) is 5.06. The Balaban J connectivity index is 1.93. The molecule has 2 aromatic carbocycles. The van der Waals surface area contributed by atoms with E-state index in [2.05, 4.69) is 22.0 Å². The van der Waals surface area contributed by atoms with Crippen LogP contribution in [0.4, 0.5) is 0 Å². The van der Waals surface area contributed by atoms with Crippen molar-refractivity contribution in [3.05, 3.63) is 58.6 Å². The molecule has 0 spiro atoms. The number of carbonyl (C=O) groups excluding carboxylic acids is 1. The standard InChI is InChI=1S/C17H16BrNO/c18-16-9-2-1-8-15(16)13-6-5-7-14(12-13)17(20)19-10-3-4-11-19/h1-2,5-9,12H,3-4,10-11H2. The molecule has 0 aliphatic carbocycles. The van der Waals surface area contributed by atoms with Crippen molar-refractivity contribution < 1.29 is 4.79 Å². The molecule has 1 aliphatic rings. The third-order valence-corrected chi connectivity index (χ3v) is 4.38. The lowest BCUT2D eigenvalue weighted by molar-refractivity contribution is 0.0793. The molecule has 0 radical (unpaired) electrons. The van der Waals surface area contributed by atoms with Crippen molar-refractivity contribution in [1.82, 2.24) is 4.90 Å². The Bertz CT molecular complexity index is 632. The Hall–Kier alpha value is -1.61. The van der Waals surface area contributed by atoms with E-state index >= 15 is 0 Å². The molecule has 1 saturated heterocycles. The maximum atomic E-state index is 12.4. The van der Waals surface area contributed by atoms with Crippen LogP contribution in [0.1, 0.15) is 23.2 Å². The predicted octanol–water partition coefficient (Wildman–Crippen LogP) is 4.35. The molecule has 2 aromatic rings. The van der Waals surface area contributed by atoms with Crippen LogP contribution >= 0.6 is 15.9 Å². The third-order valence-electron chi connectivity index (χ3n) is 3.69. The molecule has 0 unspecified atom stereocenters. The number of halogens is 1. The van der Waals surface area contributed by atoms with E-state index in [0.29, 0.717) is 0 Å². The summed E-state index contributed by atoms with van der Waals surface area (Å²) in [5.74, 6) is 0.149. The highest BCUT2D eigenvalue weighted by molar-refractivity contribution is 9.10. The number of rotatable bonds is 2. The molecule has 1 aliphatic heterocycles. The Labute approximate surface area is 127 Å². The fraction of sp³-hybridized carbons (Fsp3) is 0.235. The van der Waals surface area contributed by atoms with Gasteiger partial charge in [0.05, 0.1) is 0 Å². The van der Waals surface area contributed by atoms with Gasteiger partial charge in [0.2, 0.25) is 0 Å². The average Bonchev–Trinajstić information content (AvgIpc) is 3.01. The molecule has 0 N–H and O–H groups in total. The van der Waals surface area contributed by atoms with Crippen molar-refractivity contribution in [3.63, 3.8) is 0 Å². The quantitative estimate of drug-likeness (QED) is 0.801. The topological polar surface area (TPSA) is 20.3 Å². The van der Waals surface area contributed by atoms with Crippen molar-refractivity contribution in [2.75, 3.05) is 13.1 Å². The largest absolute Gasteiger partial charge is 0.339 e. The van der Waals surface area contributed by atoms with Gasteiger partial charge in [0.15, 0.2) is 0 Å². The van der Waals surface area contributed by atoms with Gasteiger partial charge in [-0.25, -0.2) is 0 Å². The first-order valence-electron chi connectivity index (χ1n) is 6.90. The number of likely N-dealkylation sites (tertiary alicyclic amines) is 1. The van der Waals surface area contributed by atoms with Crippen LogP contribution in [-0.2, 0) is 0 Å². The van der Waals surface area contributed by atoms with E-state index in [4.69, 9.17) is 0 Å².